The second-order valence-electron chi connectivity index (χ2n) is 2.96. The molecule has 66 valence electrons. The molecule has 0 aliphatic carbocycles. The van der Waals surface area contributed by atoms with Crippen molar-refractivity contribution >= 4 is 10.8 Å². The van der Waals surface area contributed by atoms with Crippen LogP contribution < -0.4 is 11.1 Å². The average Bonchev–Trinajstić information content (AvgIpc) is 2.12. The summed E-state index contributed by atoms with van der Waals surface area (Å²) in [5.74, 6) is 0. The molecule has 2 rings (SSSR count). The van der Waals surface area contributed by atoms with E-state index in [1.54, 1.807) is 18.2 Å². The number of aromatic amines is 2. The van der Waals surface area contributed by atoms with Crippen molar-refractivity contribution in [2.45, 2.75) is 6.92 Å². The summed E-state index contributed by atoms with van der Waals surface area (Å²) in [6.45, 7) is 1.88. The minimum absolute atomic E-state index is 0.265. The van der Waals surface area contributed by atoms with E-state index in [-0.39, 0.29) is 11.1 Å². The number of hydrogen-bond acceptors (Lipinski definition) is 2. The molecule has 0 radical (unpaired) electrons. The van der Waals surface area contributed by atoms with Crippen molar-refractivity contribution in [3.8, 4) is 0 Å². The van der Waals surface area contributed by atoms with Gasteiger partial charge in [-0.05, 0) is 19.1 Å². The molecule has 2 N–H and O–H groups in total. The third kappa shape index (κ3) is 1.16. The molecule has 1 aromatic heterocycles. The summed E-state index contributed by atoms with van der Waals surface area (Å²) in [6, 6.07) is 5.15. The van der Waals surface area contributed by atoms with Gasteiger partial charge < -0.3 is 0 Å². The first-order valence-electron chi connectivity index (χ1n) is 3.90. The van der Waals surface area contributed by atoms with Crippen molar-refractivity contribution in [1.82, 2.24) is 10.2 Å². The van der Waals surface area contributed by atoms with Crippen LogP contribution in [0.15, 0.2) is 27.8 Å². The summed E-state index contributed by atoms with van der Waals surface area (Å²) in [5, 5.41) is 5.41. The van der Waals surface area contributed by atoms with E-state index in [2.05, 4.69) is 10.2 Å². The van der Waals surface area contributed by atoms with Crippen LogP contribution in [0.5, 0.6) is 0 Å². The van der Waals surface area contributed by atoms with Crippen LogP contribution in [0.3, 0.4) is 0 Å². The molecule has 0 unspecified atom stereocenters. The van der Waals surface area contributed by atoms with Gasteiger partial charge in [-0.1, -0.05) is 11.6 Å². The van der Waals surface area contributed by atoms with Crippen molar-refractivity contribution in [2.75, 3.05) is 0 Å². The van der Waals surface area contributed by atoms with Gasteiger partial charge in [0.15, 0.2) is 0 Å². The molecule has 0 saturated heterocycles. The van der Waals surface area contributed by atoms with Crippen LogP contribution in [0.2, 0.25) is 0 Å². The number of nitrogens with one attached hydrogen (secondary N) is 2. The number of hydrogen-bond donors (Lipinski definition) is 2. The van der Waals surface area contributed by atoms with Gasteiger partial charge in [0.25, 0.3) is 11.1 Å². The zero-order valence-electron chi connectivity index (χ0n) is 7.05. The lowest BCUT2D eigenvalue weighted by atomic mass is 10.1. The lowest BCUT2D eigenvalue weighted by Gasteiger charge is -1.95. The van der Waals surface area contributed by atoms with E-state index in [4.69, 9.17) is 0 Å². The Morgan fingerprint density at radius 3 is 2.31 bits per heavy atom. The average molecular weight is 176 g/mol. The number of fused-ring (bicyclic) bond motifs is 1. The smallest absolute Gasteiger partial charge is 0.267 e. The highest BCUT2D eigenvalue weighted by molar-refractivity contribution is 5.80. The molecule has 1 heterocycles. The van der Waals surface area contributed by atoms with E-state index < -0.39 is 0 Å². The molecular formula is C9H8N2O2. The number of rotatable bonds is 0. The van der Waals surface area contributed by atoms with Crippen molar-refractivity contribution in [2.24, 2.45) is 0 Å². The molecule has 13 heavy (non-hydrogen) atoms. The van der Waals surface area contributed by atoms with Crippen LogP contribution in [0, 0.1) is 6.92 Å². The molecule has 0 atom stereocenters. The van der Waals surface area contributed by atoms with Gasteiger partial charge in [0, 0.05) is 0 Å². The molecule has 1 aromatic carbocycles. The normalized spacial score (nSPS) is 10.5. The maximum atomic E-state index is 11.3. The maximum absolute atomic E-state index is 11.3. The Labute approximate surface area is 73.2 Å². The third-order valence-corrected chi connectivity index (χ3v) is 1.95. The summed E-state index contributed by atoms with van der Waals surface area (Å²) in [6.07, 6.45) is 0. The van der Waals surface area contributed by atoms with Crippen LogP contribution in [0.25, 0.3) is 10.8 Å². The Kier molecular flexibility index (Phi) is 1.55. The molecular weight excluding hydrogens is 168 g/mol. The highest BCUT2D eigenvalue weighted by atomic mass is 16.1. The van der Waals surface area contributed by atoms with E-state index >= 15 is 0 Å². The Morgan fingerprint density at radius 2 is 1.62 bits per heavy atom. The minimum atomic E-state index is -0.269. The van der Waals surface area contributed by atoms with Crippen molar-refractivity contribution < 1.29 is 0 Å². The summed E-state index contributed by atoms with van der Waals surface area (Å²) < 4.78 is 0. The second-order valence-corrected chi connectivity index (χ2v) is 2.96. The Balaban J connectivity index is 3.10. The monoisotopic (exact) mass is 176 g/mol. The molecule has 0 aliphatic rings. The zero-order chi connectivity index (χ0) is 9.42. The summed E-state index contributed by atoms with van der Waals surface area (Å²) >= 11 is 0. The fourth-order valence-corrected chi connectivity index (χ4v) is 1.29. The Hall–Kier alpha value is -1.84. The van der Waals surface area contributed by atoms with Gasteiger partial charge in [-0.2, -0.15) is 0 Å². The minimum Gasteiger partial charge on any atom is -0.267 e. The Morgan fingerprint density at radius 1 is 1.00 bits per heavy atom. The highest BCUT2D eigenvalue weighted by Crippen LogP contribution is 2.06. The van der Waals surface area contributed by atoms with Crippen LogP contribution >= 0.6 is 0 Å². The standard InChI is InChI=1S/C9H8N2O2/c1-5-2-3-6-7(4-5)9(13)11-10-8(6)12/h2-4H,1H3,(H,10,12)(H,11,13). The molecule has 4 heteroatoms. The fourth-order valence-electron chi connectivity index (χ4n) is 1.29. The van der Waals surface area contributed by atoms with Crippen LogP contribution in [-0.4, -0.2) is 10.2 Å². The van der Waals surface area contributed by atoms with Gasteiger partial charge in [-0.15, -0.1) is 0 Å². The predicted molar refractivity (Wildman–Crippen MR) is 49.9 cm³/mol. The third-order valence-electron chi connectivity index (χ3n) is 1.95. The van der Waals surface area contributed by atoms with Gasteiger partial charge in [-0.3, -0.25) is 19.8 Å². The van der Waals surface area contributed by atoms with Gasteiger partial charge in [0.2, 0.25) is 0 Å². The lowest BCUT2D eigenvalue weighted by molar-refractivity contribution is 0.976. The first-order valence-corrected chi connectivity index (χ1v) is 3.90. The lowest BCUT2D eigenvalue weighted by Crippen LogP contribution is -2.18. The first-order chi connectivity index (χ1) is 6.18. The first kappa shape index (κ1) is 7.79. The number of aryl methyl sites for hydroxylation is 1. The fraction of sp³-hybridized carbons (Fsp3) is 0.111. The number of aromatic nitrogens is 2. The molecule has 0 bridgehead atoms. The van der Waals surface area contributed by atoms with Crippen molar-refractivity contribution in [1.29, 1.82) is 0 Å². The van der Waals surface area contributed by atoms with Crippen LogP contribution in [0.4, 0.5) is 0 Å². The van der Waals surface area contributed by atoms with E-state index in [1.807, 2.05) is 6.92 Å². The maximum Gasteiger partial charge on any atom is 0.270 e. The van der Waals surface area contributed by atoms with Gasteiger partial charge >= 0.3 is 0 Å². The van der Waals surface area contributed by atoms with E-state index in [9.17, 15) is 9.59 Å². The van der Waals surface area contributed by atoms with Gasteiger partial charge in [0.05, 0.1) is 10.8 Å². The molecule has 0 amide bonds. The molecule has 0 fully saturated rings. The van der Waals surface area contributed by atoms with Crippen LogP contribution in [-0.2, 0) is 0 Å². The molecule has 4 nitrogen and oxygen atoms in total. The number of benzene rings is 1. The number of H-pyrrole nitrogens is 2. The summed E-state index contributed by atoms with van der Waals surface area (Å²) in [4.78, 5) is 22.5. The molecule has 0 saturated carbocycles. The van der Waals surface area contributed by atoms with Crippen molar-refractivity contribution in [3.63, 3.8) is 0 Å². The van der Waals surface area contributed by atoms with Gasteiger partial charge in [-0.25, -0.2) is 0 Å². The van der Waals surface area contributed by atoms with Crippen LogP contribution in [0.1, 0.15) is 5.56 Å². The summed E-state index contributed by atoms with van der Waals surface area (Å²) in [7, 11) is 0. The molecule has 2 aromatic rings. The molecule has 0 aliphatic heterocycles. The van der Waals surface area contributed by atoms with E-state index in [1.165, 1.54) is 0 Å². The quantitative estimate of drug-likeness (QED) is 0.614. The highest BCUT2D eigenvalue weighted by Gasteiger charge is 2.01. The topological polar surface area (TPSA) is 65.7 Å². The van der Waals surface area contributed by atoms with Gasteiger partial charge in [0.1, 0.15) is 0 Å². The second kappa shape index (κ2) is 2.58. The summed E-state index contributed by atoms with van der Waals surface area (Å²) in [5.41, 5.74) is 0.427. The largest absolute Gasteiger partial charge is 0.270 e. The van der Waals surface area contributed by atoms with E-state index in [0.29, 0.717) is 10.8 Å². The molecule has 0 spiro atoms. The van der Waals surface area contributed by atoms with E-state index in [0.717, 1.165) is 5.56 Å². The Bertz CT molecular complexity index is 566. The predicted octanol–water partition coefficient (Wildman–Crippen LogP) is 0.525. The van der Waals surface area contributed by atoms with Crippen molar-refractivity contribution in [3.05, 3.63) is 44.5 Å². The zero-order valence-corrected chi connectivity index (χ0v) is 7.05. The SMILES string of the molecule is Cc1ccc2c(=O)[nH][nH]c(=O)c2c1.